The number of ether oxygens (including phenoxy) is 1. The summed E-state index contributed by atoms with van der Waals surface area (Å²) < 4.78 is 18.8. The number of hydrogen-bond acceptors (Lipinski definition) is 3. The van der Waals surface area contributed by atoms with Crippen molar-refractivity contribution < 1.29 is 14.2 Å². The molecule has 0 aliphatic carbocycles. The zero-order valence-electron chi connectivity index (χ0n) is 10.4. The Morgan fingerprint density at radius 1 is 1.35 bits per heavy atom. The highest BCUT2D eigenvalue weighted by Gasteiger charge is 2.11. The summed E-state index contributed by atoms with van der Waals surface area (Å²) in [5.74, 6) is -0.0445. The first-order chi connectivity index (χ1) is 8.22. The van der Waals surface area contributed by atoms with Gasteiger partial charge in [-0.2, -0.15) is 0 Å². The lowest BCUT2D eigenvalue weighted by Gasteiger charge is -2.21. The van der Waals surface area contributed by atoms with Crippen molar-refractivity contribution in [3.05, 3.63) is 29.6 Å². The second kappa shape index (κ2) is 7.25. The average Bonchev–Trinajstić information content (AvgIpc) is 2.32. The molecule has 96 valence electrons. The topological polar surface area (TPSA) is 32.7 Å². The van der Waals surface area contributed by atoms with Crippen molar-refractivity contribution in [3.63, 3.8) is 0 Å². The van der Waals surface area contributed by atoms with E-state index in [-0.39, 0.29) is 18.2 Å². The average molecular weight is 241 g/mol. The van der Waals surface area contributed by atoms with Crippen molar-refractivity contribution in [2.45, 2.75) is 19.9 Å². The molecule has 0 bridgehead atoms. The molecule has 1 rings (SSSR count). The molecule has 0 saturated carbocycles. The van der Waals surface area contributed by atoms with Crippen LogP contribution in [0.4, 0.5) is 4.39 Å². The molecule has 1 aromatic carbocycles. The molecule has 0 heterocycles. The van der Waals surface area contributed by atoms with Gasteiger partial charge in [0.2, 0.25) is 0 Å². The maximum Gasteiger partial charge on any atom is 0.169 e. The Labute approximate surface area is 102 Å². The van der Waals surface area contributed by atoms with Crippen LogP contribution in [-0.2, 0) is 6.54 Å². The molecule has 0 fully saturated rings. The Morgan fingerprint density at radius 2 is 2.12 bits per heavy atom. The lowest BCUT2D eigenvalue weighted by atomic mass is 10.2. The van der Waals surface area contributed by atoms with Crippen LogP contribution in [0.5, 0.6) is 5.75 Å². The number of benzene rings is 1. The van der Waals surface area contributed by atoms with Crippen LogP contribution in [0.2, 0.25) is 0 Å². The zero-order valence-corrected chi connectivity index (χ0v) is 10.4. The van der Waals surface area contributed by atoms with Crippen LogP contribution in [0.25, 0.3) is 0 Å². The SMILES string of the molecule is CCCN(CCO)Cc1cccc(OC)c1F. The molecule has 0 radical (unpaired) electrons. The van der Waals surface area contributed by atoms with Crippen molar-refractivity contribution in [3.8, 4) is 5.75 Å². The summed E-state index contributed by atoms with van der Waals surface area (Å²) in [5.41, 5.74) is 0.603. The van der Waals surface area contributed by atoms with Gasteiger partial charge in [-0.1, -0.05) is 19.1 Å². The molecule has 0 unspecified atom stereocenters. The predicted octanol–water partition coefficient (Wildman–Crippen LogP) is 2.04. The molecule has 1 aromatic rings. The lowest BCUT2D eigenvalue weighted by molar-refractivity contribution is 0.188. The second-order valence-electron chi connectivity index (χ2n) is 3.93. The molecule has 0 saturated heterocycles. The summed E-state index contributed by atoms with van der Waals surface area (Å²) in [4.78, 5) is 2.03. The highest BCUT2D eigenvalue weighted by Crippen LogP contribution is 2.21. The van der Waals surface area contributed by atoms with Crippen LogP contribution in [0, 0.1) is 5.82 Å². The van der Waals surface area contributed by atoms with E-state index in [0.717, 1.165) is 13.0 Å². The van der Waals surface area contributed by atoms with Crippen LogP contribution in [0.1, 0.15) is 18.9 Å². The Bertz CT molecular complexity index is 338. The van der Waals surface area contributed by atoms with E-state index in [1.807, 2.05) is 4.90 Å². The fraction of sp³-hybridized carbons (Fsp3) is 0.538. The van der Waals surface area contributed by atoms with Gasteiger partial charge in [-0.25, -0.2) is 4.39 Å². The Kier molecular flexibility index (Phi) is 5.94. The van der Waals surface area contributed by atoms with Gasteiger partial charge in [0.1, 0.15) is 0 Å². The van der Waals surface area contributed by atoms with Gasteiger partial charge in [0, 0.05) is 18.7 Å². The van der Waals surface area contributed by atoms with Crippen molar-refractivity contribution >= 4 is 0 Å². The van der Waals surface area contributed by atoms with Crippen molar-refractivity contribution in [2.75, 3.05) is 26.8 Å². The molecular weight excluding hydrogens is 221 g/mol. The van der Waals surface area contributed by atoms with E-state index in [1.54, 1.807) is 18.2 Å². The highest BCUT2D eigenvalue weighted by atomic mass is 19.1. The van der Waals surface area contributed by atoms with Crippen LogP contribution < -0.4 is 4.74 Å². The zero-order chi connectivity index (χ0) is 12.7. The molecule has 0 aliphatic heterocycles. The minimum atomic E-state index is -0.311. The first-order valence-corrected chi connectivity index (χ1v) is 5.87. The molecular formula is C13H20FNO2. The summed E-state index contributed by atoms with van der Waals surface area (Å²) in [5, 5.41) is 8.95. The van der Waals surface area contributed by atoms with E-state index in [9.17, 15) is 4.39 Å². The van der Waals surface area contributed by atoms with Crippen molar-refractivity contribution in [2.24, 2.45) is 0 Å². The normalized spacial score (nSPS) is 10.9. The first kappa shape index (κ1) is 13.9. The smallest absolute Gasteiger partial charge is 0.169 e. The summed E-state index contributed by atoms with van der Waals surface area (Å²) in [7, 11) is 1.46. The third kappa shape index (κ3) is 3.98. The minimum absolute atomic E-state index is 0.0889. The van der Waals surface area contributed by atoms with Crippen molar-refractivity contribution in [1.82, 2.24) is 4.90 Å². The van der Waals surface area contributed by atoms with Gasteiger partial charge in [-0.15, -0.1) is 0 Å². The van der Waals surface area contributed by atoms with Gasteiger partial charge in [-0.05, 0) is 19.0 Å². The number of hydrogen-bond donors (Lipinski definition) is 1. The van der Waals surface area contributed by atoms with Crippen LogP contribution in [0.15, 0.2) is 18.2 Å². The maximum absolute atomic E-state index is 13.9. The summed E-state index contributed by atoms with van der Waals surface area (Å²) >= 11 is 0. The molecule has 17 heavy (non-hydrogen) atoms. The monoisotopic (exact) mass is 241 g/mol. The Balaban J connectivity index is 2.77. The highest BCUT2D eigenvalue weighted by molar-refractivity contribution is 5.30. The molecule has 4 heteroatoms. The molecule has 0 aliphatic rings. The fourth-order valence-electron chi connectivity index (χ4n) is 1.80. The number of nitrogens with zero attached hydrogens (tertiary/aromatic N) is 1. The maximum atomic E-state index is 13.9. The van der Waals surface area contributed by atoms with E-state index < -0.39 is 0 Å². The minimum Gasteiger partial charge on any atom is -0.494 e. The largest absolute Gasteiger partial charge is 0.494 e. The summed E-state index contributed by atoms with van der Waals surface area (Å²) in [6.45, 7) is 4.05. The lowest BCUT2D eigenvalue weighted by Crippen LogP contribution is -2.27. The van der Waals surface area contributed by atoms with Crippen LogP contribution >= 0.6 is 0 Å². The molecule has 0 atom stereocenters. The summed E-state index contributed by atoms with van der Waals surface area (Å²) in [6, 6.07) is 5.13. The van der Waals surface area contributed by atoms with Gasteiger partial charge < -0.3 is 9.84 Å². The van der Waals surface area contributed by atoms with Crippen LogP contribution in [-0.4, -0.2) is 36.8 Å². The van der Waals surface area contributed by atoms with E-state index in [2.05, 4.69) is 6.92 Å². The number of halogens is 1. The number of aliphatic hydroxyl groups is 1. The number of rotatable bonds is 7. The van der Waals surface area contributed by atoms with E-state index in [0.29, 0.717) is 18.7 Å². The van der Waals surface area contributed by atoms with Gasteiger partial charge in [0.15, 0.2) is 11.6 Å². The third-order valence-corrected chi connectivity index (χ3v) is 2.61. The standard InChI is InChI=1S/C13H20FNO2/c1-3-7-15(8-9-16)10-11-5-4-6-12(17-2)13(11)14/h4-6,16H,3,7-10H2,1-2H3. The second-order valence-corrected chi connectivity index (χ2v) is 3.93. The predicted molar refractivity (Wildman–Crippen MR) is 65.6 cm³/mol. The quantitative estimate of drug-likeness (QED) is 0.793. The van der Waals surface area contributed by atoms with Crippen molar-refractivity contribution in [1.29, 1.82) is 0 Å². The molecule has 3 nitrogen and oxygen atoms in total. The fourth-order valence-corrected chi connectivity index (χ4v) is 1.80. The van der Waals surface area contributed by atoms with Gasteiger partial charge in [0.25, 0.3) is 0 Å². The molecule has 1 N–H and O–H groups in total. The molecule has 0 amide bonds. The van der Waals surface area contributed by atoms with Crippen LogP contribution in [0.3, 0.4) is 0 Å². The third-order valence-electron chi connectivity index (χ3n) is 2.61. The molecule has 0 aromatic heterocycles. The number of methoxy groups -OCH3 is 1. The first-order valence-electron chi connectivity index (χ1n) is 5.87. The summed E-state index contributed by atoms with van der Waals surface area (Å²) in [6.07, 6.45) is 0.978. The molecule has 0 spiro atoms. The van der Waals surface area contributed by atoms with E-state index in [1.165, 1.54) is 7.11 Å². The Morgan fingerprint density at radius 3 is 2.71 bits per heavy atom. The number of aliphatic hydroxyl groups excluding tert-OH is 1. The van der Waals surface area contributed by atoms with Gasteiger partial charge >= 0.3 is 0 Å². The van der Waals surface area contributed by atoms with Gasteiger partial charge in [-0.3, -0.25) is 4.90 Å². The Hall–Kier alpha value is -1.13. The van der Waals surface area contributed by atoms with Gasteiger partial charge in [0.05, 0.1) is 13.7 Å². The van der Waals surface area contributed by atoms with E-state index >= 15 is 0 Å². The van der Waals surface area contributed by atoms with E-state index in [4.69, 9.17) is 9.84 Å².